The molecule has 0 saturated heterocycles. The van der Waals surface area contributed by atoms with Gasteiger partial charge in [-0.25, -0.2) is 0 Å². The first-order valence-electron chi connectivity index (χ1n) is 9.40. The minimum Gasteiger partial charge on any atom is -0.484 e. The van der Waals surface area contributed by atoms with Crippen molar-refractivity contribution in [3.8, 4) is 23.0 Å². The Hall–Kier alpha value is -3.69. The van der Waals surface area contributed by atoms with E-state index in [1.165, 1.54) is 72.8 Å². The number of benzene rings is 3. The van der Waals surface area contributed by atoms with Crippen LogP contribution in [0.2, 0.25) is 0 Å². The van der Waals surface area contributed by atoms with E-state index in [0.29, 0.717) is 17.1 Å². The highest BCUT2D eigenvalue weighted by atomic mass is 19.4. The summed E-state index contributed by atoms with van der Waals surface area (Å²) in [5, 5.41) is 0. The molecule has 0 bridgehead atoms. The Balaban J connectivity index is 1.58. The molecule has 0 atom stereocenters. The molecule has 0 fully saturated rings. The summed E-state index contributed by atoms with van der Waals surface area (Å²) in [4.78, 5) is 12.6. The van der Waals surface area contributed by atoms with Crippen molar-refractivity contribution in [2.24, 2.45) is 0 Å². The van der Waals surface area contributed by atoms with E-state index in [4.69, 9.17) is 4.74 Å². The van der Waals surface area contributed by atoms with Crippen molar-refractivity contribution in [1.29, 1.82) is 0 Å². The molecule has 0 heterocycles. The Morgan fingerprint density at radius 1 is 0.545 bits per heavy atom. The molecule has 0 spiro atoms. The highest BCUT2D eigenvalue weighted by molar-refractivity contribution is 6.09. The Labute approximate surface area is 184 Å². The average Bonchev–Trinajstić information content (AvgIpc) is 2.77. The maximum atomic E-state index is 12.6. The standard InChI is InChI=1S/C23H16F6O4/c24-22(25,26)13-31-17-5-1-15(2-6-17)21(30)16-3-7-19(8-4-16)33-20-11-9-18(10-12-20)32-14-23(27,28)29/h1-12H,13-14H2. The summed E-state index contributed by atoms with van der Waals surface area (Å²) < 4.78 is 87.9. The van der Waals surface area contributed by atoms with Gasteiger partial charge in [0.1, 0.15) is 23.0 Å². The number of carbonyl (C=O) groups is 1. The largest absolute Gasteiger partial charge is 0.484 e. The number of ketones is 1. The minimum absolute atomic E-state index is 0.0116. The van der Waals surface area contributed by atoms with Gasteiger partial charge in [-0.15, -0.1) is 0 Å². The number of halogens is 6. The Morgan fingerprint density at radius 3 is 1.21 bits per heavy atom. The van der Waals surface area contributed by atoms with Crippen molar-refractivity contribution >= 4 is 5.78 Å². The van der Waals surface area contributed by atoms with Crippen molar-refractivity contribution in [1.82, 2.24) is 0 Å². The van der Waals surface area contributed by atoms with Gasteiger partial charge in [0.2, 0.25) is 0 Å². The fraction of sp³-hybridized carbons (Fsp3) is 0.174. The lowest BCUT2D eigenvalue weighted by Gasteiger charge is -2.11. The Kier molecular flexibility index (Phi) is 7.15. The maximum absolute atomic E-state index is 12.6. The van der Waals surface area contributed by atoms with E-state index >= 15 is 0 Å². The smallest absolute Gasteiger partial charge is 0.422 e. The number of alkyl halides is 6. The maximum Gasteiger partial charge on any atom is 0.422 e. The third-order valence-electron chi connectivity index (χ3n) is 4.10. The van der Waals surface area contributed by atoms with E-state index in [1.807, 2.05) is 0 Å². The van der Waals surface area contributed by atoms with Gasteiger partial charge in [0.15, 0.2) is 19.0 Å². The monoisotopic (exact) mass is 470 g/mol. The molecule has 3 rings (SSSR count). The molecular weight excluding hydrogens is 454 g/mol. The third-order valence-corrected chi connectivity index (χ3v) is 4.10. The lowest BCUT2D eigenvalue weighted by molar-refractivity contribution is -0.154. The van der Waals surface area contributed by atoms with Crippen LogP contribution in [0.4, 0.5) is 26.3 Å². The molecule has 0 radical (unpaired) electrons. The molecule has 0 N–H and O–H groups in total. The number of hydrogen-bond donors (Lipinski definition) is 0. The fourth-order valence-electron chi connectivity index (χ4n) is 2.61. The highest BCUT2D eigenvalue weighted by Crippen LogP contribution is 2.26. The van der Waals surface area contributed by atoms with Crippen molar-refractivity contribution in [3.05, 3.63) is 83.9 Å². The zero-order valence-electron chi connectivity index (χ0n) is 16.7. The number of hydrogen-bond acceptors (Lipinski definition) is 4. The van der Waals surface area contributed by atoms with Gasteiger partial charge in [-0.3, -0.25) is 4.79 Å². The average molecular weight is 470 g/mol. The molecule has 0 amide bonds. The van der Waals surface area contributed by atoms with Crippen LogP contribution in [0.15, 0.2) is 72.8 Å². The van der Waals surface area contributed by atoms with Crippen molar-refractivity contribution in [2.45, 2.75) is 12.4 Å². The molecule has 0 unspecified atom stereocenters. The van der Waals surface area contributed by atoms with Crippen molar-refractivity contribution in [2.75, 3.05) is 13.2 Å². The summed E-state index contributed by atoms with van der Waals surface area (Å²) in [5.41, 5.74) is 0.583. The molecule has 0 aliphatic carbocycles. The molecule has 0 saturated carbocycles. The SMILES string of the molecule is O=C(c1ccc(OCC(F)(F)F)cc1)c1ccc(Oc2ccc(OCC(F)(F)F)cc2)cc1. The lowest BCUT2D eigenvalue weighted by Crippen LogP contribution is -2.19. The van der Waals surface area contributed by atoms with Gasteiger partial charge in [0, 0.05) is 11.1 Å². The summed E-state index contributed by atoms with van der Waals surface area (Å²) in [6.45, 7) is -2.82. The quantitative estimate of drug-likeness (QED) is 0.275. The third kappa shape index (κ3) is 7.74. The van der Waals surface area contributed by atoms with Crippen LogP contribution in [-0.2, 0) is 0 Å². The first-order chi connectivity index (χ1) is 15.5. The number of carbonyl (C=O) groups excluding carboxylic acids is 1. The first kappa shape index (κ1) is 24.0. The highest BCUT2D eigenvalue weighted by Gasteiger charge is 2.29. The minimum atomic E-state index is -4.46. The number of ether oxygens (including phenoxy) is 3. The van der Waals surface area contributed by atoms with Crippen LogP contribution in [0.1, 0.15) is 15.9 Å². The summed E-state index contributed by atoms with van der Waals surface area (Å²) in [7, 11) is 0. The molecule has 10 heteroatoms. The van der Waals surface area contributed by atoms with Crippen molar-refractivity contribution in [3.63, 3.8) is 0 Å². The van der Waals surface area contributed by atoms with Crippen LogP contribution in [0.3, 0.4) is 0 Å². The van der Waals surface area contributed by atoms with Crippen molar-refractivity contribution < 1.29 is 45.3 Å². The van der Waals surface area contributed by atoms with Gasteiger partial charge in [-0.1, -0.05) is 0 Å². The van der Waals surface area contributed by atoms with Gasteiger partial charge >= 0.3 is 12.4 Å². The van der Waals surface area contributed by atoms with Crippen LogP contribution in [0, 0.1) is 0 Å². The van der Waals surface area contributed by atoms with Gasteiger partial charge in [-0.05, 0) is 72.8 Å². The zero-order chi connectivity index (χ0) is 24.1. The van der Waals surface area contributed by atoms with Crippen LogP contribution in [-0.4, -0.2) is 31.3 Å². The second-order valence-electron chi connectivity index (χ2n) is 6.76. The van der Waals surface area contributed by atoms with Gasteiger partial charge in [0.25, 0.3) is 0 Å². The van der Waals surface area contributed by atoms with Crippen LogP contribution in [0.25, 0.3) is 0 Å². The van der Waals surface area contributed by atoms with E-state index in [0.717, 1.165) is 0 Å². The summed E-state index contributed by atoms with van der Waals surface area (Å²) in [6.07, 6.45) is -8.89. The van der Waals surface area contributed by atoms with E-state index in [2.05, 4.69) is 9.47 Å². The van der Waals surface area contributed by atoms with Gasteiger partial charge in [-0.2, -0.15) is 26.3 Å². The van der Waals surface area contributed by atoms with E-state index in [-0.39, 0.29) is 22.8 Å². The van der Waals surface area contributed by atoms with Gasteiger partial charge < -0.3 is 14.2 Å². The second-order valence-corrected chi connectivity index (χ2v) is 6.76. The predicted octanol–water partition coefficient (Wildman–Crippen LogP) is 6.59. The number of rotatable bonds is 8. The van der Waals surface area contributed by atoms with Gasteiger partial charge in [0.05, 0.1) is 0 Å². The van der Waals surface area contributed by atoms with Crippen LogP contribution < -0.4 is 14.2 Å². The predicted molar refractivity (Wildman–Crippen MR) is 106 cm³/mol. The molecule has 0 aliphatic rings. The molecule has 0 aromatic heterocycles. The lowest BCUT2D eigenvalue weighted by atomic mass is 10.0. The molecular formula is C23H16F6O4. The molecule has 3 aromatic rings. The molecule has 174 valence electrons. The Morgan fingerprint density at radius 2 is 0.848 bits per heavy atom. The van der Waals surface area contributed by atoms with E-state index in [1.54, 1.807) is 0 Å². The molecule has 33 heavy (non-hydrogen) atoms. The zero-order valence-corrected chi connectivity index (χ0v) is 16.7. The van der Waals surface area contributed by atoms with Crippen LogP contribution in [0.5, 0.6) is 23.0 Å². The molecule has 0 aliphatic heterocycles. The fourth-order valence-corrected chi connectivity index (χ4v) is 2.61. The van der Waals surface area contributed by atoms with Crippen LogP contribution >= 0.6 is 0 Å². The normalized spacial score (nSPS) is 11.7. The first-order valence-corrected chi connectivity index (χ1v) is 9.40. The van der Waals surface area contributed by atoms with E-state index in [9.17, 15) is 31.1 Å². The summed E-state index contributed by atoms with van der Waals surface area (Å²) >= 11 is 0. The Bertz CT molecular complexity index is 1060. The van der Waals surface area contributed by atoms with E-state index < -0.39 is 25.6 Å². The summed E-state index contributed by atoms with van der Waals surface area (Å²) in [6, 6.07) is 16.9. The summed E-state index contributed by atoms with van der Waals surface area (Å²) in [5.74, 6) is 0.405. The molecule has 3 aromatic carbocycles. The molecule has 4 nitrogen and oxygen atoms in total. The second kappa shape index (κ2) is 9.85. The topological polar surface area (TPSA) is 44.8 Å².